The number of nitrogens with one attached hydrogen (secondary N) is 1. The van der Waals surface area contributed by atoms with E-state index in [0.717, 1.165) is 37.0 Å². The maximum Gasteiger partial charge on any atom is 0.416 e. The van der Waals surface area contributed by atoms with Crippen LogP contribution in [0.2, 0.25) is 0 Å². The number of benzene rings is 2. The molecule has 5 nitrogen and oxygen atoms in total. The van der Waals surface area contributed by atoms with E-state index in [1.54, 1.807) is 19.1 Å². The van der Waals surface area contributed by atoms with Crippen molar-refractivity contribution in [3.8, 4) is 0 Å². The van der Waals surface area contributed by atoms with Crippen LogP contribution in [0.25, 0.3) is 0 Å². The number of carbonyl (C=O) groups is 1. The van der Waals surface area contributed by atoms with Gasteiger partial charge in [0.15, 0.2) is 0 Å². The molecule has 1 saturated heterocycles. The van der Waals surface area contributed by atoms with Gasteiger partial charge in [-0.25, -0.2) is 8.42 Å². The predicted molar refractivity (Wildman–Crippen MR) is 118 cm³/mol. The molecule has 1 heterocycles. The van der Waals surface area contributed by atoms with Gasteiger partial charge in [-0.05, 0) is 80.0 Å². The summed E-state index contributed by atoms with van der Waals surface area (Å²) in [6, 6.07) is 9.62. The molecule has 0 bridgehead atoms. The number of hydrogen-bond donors (Lipinski definition) is 1. The molecule has 1 fully saturated rings. The minimum Gasteiger partial charge on any atom is -0.349 e. The molecule has 1 aliphatic carbocycles. The molecule has 1 amide bonds. The van der Waals surface area contributed by atoms with Crippen LogP contribution in [-0.2, 0) is 33.8 Å². The molecule has 0 aromatic heterocycles. The highest BCUT2D eigenvalue weighted by molar-refractivity contribution is 7.89. The SMILES string of the molecule is CC(NC(=O)C1CCN(S(=O)(=O)c2ccc3c(c2)CCC3)CC1)c1ccc(C(F)(F)F)cc1. The van der Waals surface area contributed by atoms with Gasteiger partial charge in [0.1, 0.15) is 0 Å². The number of halogens is 3. The predicted octanol–water partition coefficient (Wildman–Crippen LogP) is 4.47. The molecule has 1 N–H and O–H groups in total. The van der Waals surface area contributed by atoms with Crippen LogP contribution < -0.4 is 5.32 Å². The minimum absolute atomic E-state index is 0.211. The summed E-state index contributed by atoms with van der Waals surface area (Å²) in [6.45, 7) is 2.23. The molecule has 2 aliphatic rings. The molecular weight excluding hydrogens is 453 g/mol. The zero-order valence-corrected chi connectivity index (χ0v) is 19.2. The van der Waals surface area contributed by atoms with E-state index in [0.29, 0.717) is 23.3 Å². The molecule has 33 heavy (non-hydrogen) atoms. The van der Waals surface area contributed by atoms with E-state index in [2.05, 4.69) is 5.32 Å². The molecule has 0 saturated carbocycles. The summed E-state index contributed by atoms with van der Waals surface area (Å²) in [6.07, 6.45) is -0.673. The van der Waals surface area contributed by atoms with E-state index in [1.165, 1.54) is 22.0 Å². The topological polar surface area (TPSA) is 66.5 Å². The highest BCUT2D eigenvalue weighted by Crippen LogP contribution is 2.31. The average Bonchev–Trinajstić information content (AvgIpc) is 3.26. The van der Waals surface area contributed by atoms with Crippen molar-refractivity contribution in [1.29, 1.82) is 0 Å². The Morgan fingerprint density at radius 1 is 1.03 bits per heavy atom. The van der Waals surface area contributed by atoms with Gasteiger partial charge in [-0.15, -0.1) is 0 Å². The number of fused-ring (bicyclic) bond motifs is 1. The first kappa shape index (κ1) is 23.8. The fourth-order valence-corrected chi connectivity index (χ4v) is 6.11. The molecule has 1 unspecified atom stereocenters. The van der Waals surface area contributed by atoms with Gasteiger partial charge in [0.25, 0.3) is 0 Å². The van der Waals surface area contributed by atoms with Crippen LogP contribution in [-0.4, -0.2) is 31.7 Å². The number of hydrogen-bond acceptors (Lipinski definition) is 3. The van der Waals surface area contributed by atoms with Crippen LogP contribution in [0.15, 0.2) is 47.4 Å². The van der Waals surface area contributed by atoms with E-state index in [1.807, 2.05) is 6.07 Å². The Balaban J connectivity index is 1.34. The standard InChI is InChI=1S/C24H27F3N2O3S/c1-16(17-5-8-21(9-6-17)24(25,26)27)28-23(30)19-11-13-29(14-12-19)33(31,32)22-10-7-18-3-2-4-20(18)15-22/h5-10,15-16,19H,2-4,11-14H2,1H3,(H,28,30). The van der Waals surface area contributed by atoms with E-state index >= 15 is 0 Å². The molecular formula is C24H27F3N2O3S. The van der Waals surface area contributed by atoms with E-state index in [-0.39, 0.29) is 24.9 Å². The van der Waals surface area contributed by atoms with Crippen molar-refractivity contribution in [2.24, 2.45) is 5.92 Å². The van der Waals surface area contributed by atoms with Crippen molar-refractivity contribution in [2.75, 3.05) is 13.1 Å². The second-order valence-corrected chi connectivity index (χ2v) is 10.8. The fourth-order valence-electron chi connectivity index (χ4n) is 4.59. The monoisotopic (exact) mass is 480 g/mol. The maximum absolute atomic E-state index is 13.1. The van der Waals surface area contributed by atoms with Gasteiger partial charge in [-0.2, -0.15) is 17.5 Å². The van der Waals surface area contributed by atoms with Gasteiger partial charge < -0.3 is 5.32 Å². The number of aryl methyl sites for hydroxylation is 2. The summed E-state index contributed by atoms with van der Waals surface area (Å²) in [5.41, 5.74) is 2.16. The maximum atomic E-state index is 13.1. The molecule has 0 radical (unpaired) electrons. The summed E-state index contributed by atoms with van der Waals surface area (Å²) in [5.74, 6) is -0.551. The lowest BCUT2D eigenvalue weighted by Gasteiger charge is -2.31. The number of nitrogens with zero attached hydrogens (tertiary/aromatic N) is 1. The highest BCUT2D eigenvalue weighted by atomic mass is 32.2. The van der Waals surface area contributed by atoms with Gasteiger partial charge in [0, 0.05) is 19.0 Å². The number of carbonyl (C=O) groups excluding carboxylic acids is 1. The van der Waals surface area contributed by atoms with Crippen LogP contribution >= 0.6 is 0 Å². The Morgan fingerprint density at radius 2 is 1.67 bits per heavy atom. The van der Waals surface area contributed by atoms with E-state index < -0.39 is 27.8 Å². The van der Waals surface area contributed by atoms with Gasteiger partial charge in [-0.1, -0.05) is 18.2 Å². The van der Waals surface area contributed by atoms with E-state index in [9.17, 15) is 26.4 Å². The van der Waals surface area contributed by atoms with Crippen LogP contribution in [0.1, 0.15) is 54.5 Å². The second-order valence-electron chi connectivity index (χ2n) is 8.81. The van der Waals surface area contributed by atoms with Crippen LogP contribution in [0.5, 0.6) is 0 Å². The van der Waals surface area contributed by atoms with Crippen LogP contribution in [0, 0.1) is 5.92 Å². The zero-order chi connectivity index (χ0) is 23.8. The average molecular weight is 481 g/mol. The normalized spacial score (nSPS) is 18.7. The Kier molecular flexibility index (Phi) is 6.55. The third-order valence-electron chi connectivity index (χ3n) is 6.63. The zero-order valence-electron chi connectivity index (χ0n) is 18.4. The van der Waals surface area contributed by atoms with Crippen molar-refractivity contribution in [3.05, 3.63) is 64.7 Å². The minimum atomic E-state index is -4.40. The summed E-state index contributed by atoms with van der Waals surface area (Å²) in [7, 11) is -3.61. The smallest absolute Gasteiger partial charge is 0.349 e. The van der Waals surface area contributed by atoms with Crippen molar-refractivity contribution >= 4 is 15.9 Å². The van der Waals surface area contributed by atoms with E-state index in [4.69, 9.17) is 0 Å². The number of sulfonamides is 1. The third kappa shape index (κ3) is 5.09. The number of amides is 1. The summed E-state index contributed by atoms with van der Waals surface area (Å²) in [5, 5.41) is 2.85. The van der Waals surface area contributed by atoms with Crippen molar-refractivity contribution in [1.82, 2.24) is 9.62 Å². The largest absolute Gasteiger partial charge is 0.416 e. The molecule has 178 valence electrons. The first-order valence-electron chi connectivity index (χ1n) is 11.1. The Morgan fingerprint density at radius 3 is 2.30 bits per heavy atom. The Bertz CT molecular complexity index is 1120. The quantitative estimate of drug-likeness (QED) is 0.687. The molecule has 4 rings (SSSR count). The van der Waals surface area contributed by atoms with Gasteiger partial charge in [-0.3, -0.25) is 4.79 Å². The van der Waals surface area contributed by atoms with Gasteiger partial charge in [0.05, 0.1) is 16.5 Å². The van der Waals surface area contributed by atoms with Gasteiger partial charge >= 0.3 is 6.18 Å². The summed E-state index contributed by atoms with van der Waals surface area (Å²) < 4.78 is 65.8. The second kappa shape index (κ2) is 9.10. The van der Waals surface area contributed by atoms with Crippen molar-refractivity contribution in [2.45, 2.75) is 56.1 Å². The number of rotatable bonds is 5. The van der Waals surface area contributed by atoms with Crippen LogP contribution in [0.4, 0.5) is 13.2 Å². The molecule has 0 spiro atoms. The lowest BCUT2D eigenvalue weighted by Crippen LogP contribution is -2.43. The lowest BCUT2D eigenvalue weighted by atomic mass is 9.96. The van der Waals surface area contributed by atoms with Crippen LogP contribution in [0.3, 0.4) is 0 Å². The first-order chi connectivity index (χ1) is 15.6. The third-order valence-corrected chi connectivity index (χ3v) is 8.52. The molecule has 2 aromatic rings. The Hall–Kier alpha value is -2.39. The molecule has 9 heteroatoms. The molecule has 2 aromatic carbocycles. The summed E-state index contributed by atoms with van der Waals surface area (Å²) >= 11 is 0. The Labute approximate surface area is 192 Å². The molecule has 1 aliphatic heterocycles. The van der Waals surface area contributed by atoms with Crippen molar-refractivity contribution < 1.29 is 26.4 Å². The fraction of sp³-hybridized carbons (Fsp3) is 0.458. The van der Waals surface area contributed by atoms with Crippen molar-refractivity contribution in [3.63, 3.8) is 0 Å². The lowest BCUT2D eigenvalue weighted by molar-refractivity contribution is -0.137. The number of alkyl halides is 3. The van der Waals surface area contributed by atoms with Gasteiger partial charge in [0.2, 0.25) is 15.9 Å². The highest BCUT2D eigenvalue weighted by Gasteiger charge is 2.33. The number of piperidine rings is 1. The summed E-state index contributed by atoms with van der Waals surface area (Å²) in [4.78, 5) is 13.0. The molecule has 1 atom stereocenters. The first-order valence-corrected chi connectivity index (χ1v) is 12.6.